The molecule has 1 aliphatic rings. The molecule has 4 rings (SSSR count). The Bertz CT molecular complexity index is 1300. The van der Waals surface area contributed by atoms with Crippen LogP contribution >= 0.6 is 0 Å². The van der Waals surface area contributed by atoms with Crippen LogP contribution in [0.25, 0.3) is 0 Å². The Kier molecular flexibility index (Phi) is 9.18. The van der Waals surface area contributed by atoms with Gasteiger partial charge in [0.15, 0.2) is 0 Å². The Labute approximate surface area is 225 Å². The molecule has 0 aromatic heterocycles. The van der Waals surface area contributed by atoms with Gasteiger partial charge in [-0.1, -0.05) is 86.5 Å². The molecular weight excluding hydrogens is 498 g/mol. The van der Waals surface area contributed by atoms with E-state index in [1.807, 2.05) is 37.3 Å². The van der Waals surface area contributed by atoms with E-state index in [1.54, 1.807) is 48.5 Å². The third-order valence-electron chi connectivity index (χ3n) is 6.94. The predicted octanol–water partition coefficient (Wildman–Crippen LogP) is 4.75. The summed E-state index contributed by atoms with van der Waals surface area (Å²) >= 11 is 0. The molecule has 1 saturated carbocycles. The fourth-order valence-corrected chi connectivity index (χ4v) is 6.35. The highest BCUT2D eigenvalue weighted by atomic mass is 32.2. The number of hydrogen-bond donors (Lipinski definition) is 1. The van der Waals surface area contributed by atoms with Gasteiger partial charge < -0.3 is 10.2 Å². The normalized spacial score (nSPS) is 14.6. The van der Waals surface area contributed by atoms with Gasteiger partial charge in [0.25, 0.3) is 10.0 Å². The van der Waals surface area contributed by atoms with Gasteiger partial charge in [-0.25, -0.2) is 8.42 Å². The van der Waals surface area contributed by atoms with Crippen LogP contribution in [0, 0.1) is 0 Å². The fourth-order valence-electron chi connectivity index (χ4n) is 4.91. The molecule has 3 aromatic carbocycles. The largest absolute Gasteiger partial charge is 0.352 e. The van der Waals surface area contributed by atoms with E-state index in [0.29, 0.717) is 12.1 Å². The molecule has 3 aromatic rings. The molecule has 200 valence electrons. The number of anilines is 1. The van der Waals surface area contributed by atoms with Crippen molar-refractivity contribution >= 4 is 27.5 Å². The van der Waals surface area contributed by atoms with E-state index < -0.39 is 28.5 Å². The number of benzene rings is 3. The summed E-state index contributed by atoms with van der Waals surface area (Å²) in [6.07, 6.45) is 4.45. The fraction of sp³-hybridized carbons (Fsp3) is 0.333. The molecule has 38 heavy (non-hydrogen) atoms. The zero-order chi connectivity index (χ0) is 27.0. The summed E-state index contributed by atoms with van der Waals surface area (Å²) in [6.45, 7) is 1.64. The molecule has 1 N–H and O–H groups in total. The Balaban J connectivity index is 1.67. The highest BCUT2D eigenvalue weighted by Crippen LogP contribution is 2.25. The van der Waals surface area contributed by atoms with Crippen LogP contribution in [0.1, 0.15) is 44.6 Å². The second kappa shape index (κ2) is 12.7. The van der Waals surface area contributed by atoms with Crippen molar-refractivity contribution in [1.82, 2.24) is 10.2 Å². The number of carbonyl (C=O) groups excluding carboxylic acids is 2. The third-order valence-corrected chi connectivity index (χ3v) is 8.73. The molecule has 0 unspecified atom stereocenters. The maximum absolute atomic E-state index is 14.0. The first-order valence-electron chi connectivity index (χ1n) is 13.2. The smallest absolute Gasteiger partial charge is 0.264 e. The summed E-state index contributed by atoms with van der Waals surface area (Å²) in [6, 6.07) is 25.5. The number of carbonyl (C=O) groups is 2. The molecule has 2 amide bonds. The molecule has 1 fully saturated rings. The minimum Gasteiger partial charge on any atom is -0.352 e. The van der Waals surface area contributed by atoms with Gasteiger partial charge in [-0.05, 0) is 49.1 Å². The van der Waals surface area contributed by atoms with E-state index in [-0.39, 0.29) is 23.4 Å². The molecule has 1 aliphatic carbocycles. The van der Waals surface area contributed by atoms with Crippen molar-refractivity contribution in [3.8, 4) is 0 Å². The molecule has 0 saturated heterocycles. The lowest BCUT2D eigenvalue weighted by Gasteiger charge is -2.33. The number of nitrogens with zero attached hydrogens (tertiary/aromatic N) is 2. The number of hydrogen-bond acceptors (Lipinski definition) is 4. The zero-order valence-corrected chi connectivity index (χ0v) is 22.5. The van der Waals surface area contributed by atoms with E-state index in [1.165, 1.54) is 17.0 Å². The monoisotopic (exact) mass is 533 g/mol. The minimum absolute atomic E-state index is 0.0947. The van der Waals surface area contributed by atoms with Crippen molar-refractivity contribution in [3.05, 3.63) is 96.6 Å². The second-order valence-corrected chi connectivity index (χ2v) is 11.4. The summed E-state index contributed by atoms with van der Waals surface area (Å²) < 4.78 is 28.6. The van der Waals surface area contributed by atoms with E-state index in [2.05, 4.69) is 5.32 Å². The molecule has 0 radical (unpaired) electrons. The highest BCUT2D eigenvalue weighted by Gasteiger charge is 2.34. The van der Waals surface area contributed by atoms with Gasteiger partial charge in [0.2, 0.25) is 11.8 Å². The lowest BCUT2D eigenvalue weighted by atomic mass is 10.1. The number of sulfonamides is 1. The van der Waals surface area contributed by atoms with Crippen molar-refractivity contribution in [2.45, 2.75) is 62.6 Å². The Morgan fingerprint density at radius 2 is 1.42 bits per heavy atom. The number of para-hydroxylation sites is 1. The Morgan fingerprint density at radius 3 is 2.00 bits per heavy atom. The highest BCUT2D eigenvalue weighted by molar-refractivity contribution is 7.92. The molecule has 0 spiro atoms. The van der Waals surface area contributed by atoms with Crippen molar-refractivity contribution in [2.24, 2.45) is 0 Å². The summed E-state index contributed by atoms with van der Waals surface area (Å²) in [5.41, 5.74) is 1.25. The SMILES string of the molecule is CC[C@@H](C(=O)NC1CCCC1)N(Cc1ccccc1)C(=O)CN(c1ccccc1)S(=O)(=O)c1ccccc1. The van der Waals surface area contributed by atoms with Gasteiger partial charge in [0.1, 0.15) is 12.6 Å². The van der Waals surface area contributed by atoms with Gasteiger partial charge in [0, 0.05) is 12.6 Å². The van der Waals surface area contributed by atoms with E-state index in [4.69, 9.17) is 0 Å². The minimum atomic E-state index is -4.04. The van der Waals surface area contributed by atoms with Gasteiger partial charge >= 0.3 is 0 Å². The zero-order valence-electron chi connectivity index (χ0n) is 21.7. The summed E-state index contributed by atoms with van der Waals surface area (Å²) in [5, 5.41) is 3.13. The molecule has 0 aliphatic heterocycles. The van der Waals surface area contributed by atoms with Gasteiger partial charge in [-0.3, -0.25) is 13.9 Å². The molecule has 7 nitrogen and oxygen atoms in total. The van der Waals surface area contributed by atoms with Crippen LogP contribution in [0.2, 0.25) is 0 Å². The topological polar surface area (TPSA) is 86.8 Å². The average Bonchev–Trinajstić information content (AvgIpc) is 3.46. The summed E-state index contributed by atoms with van der Waals surface area (Å²) in [5.74, 6) is -0.633. The van der Waals surface area contributed by atoms with Crippen LogP contribution in [0.3, 0.4) is 0 Å². The molecule has 8 heteroatoms. The Hall–Kier alpha value is -3.65. The maximum atomic E-state index is 14.0. The maximum Gasteiger partial charge on any atom is 0.264 e. The molecular formula is C30H35N3O4S. The van der Waals surface area contributed by atoms with Crippen LogP contribution in [-0.4, -0.2) is 43.8 Å². The van der Waals surface area contributed by atoms with Crippen LogP contribution in [0.4, 0.5) is 5.69 Å². The van der Waals surface area contributed by atoms with Crippen LogP contribution in [-0.2, 0) is 26.2 Å². The van der Waals surface area contributed by atoms with Crippen molar-refractivity contribution in [2.75, 3.05) is 10.8 Å². The first kappa shape index (κ1) is 27.4. The van der Waals surface area contributed by atoms with E-state index >= 15 is 0 Å². The van der Waals surface area contributed by atoms with Gasteiger partial charge in [-0.2, -0.15) is 0 Å². The predicted molar refractivity (Wildman–Crippen MR) is 149 cm³/mol. The van der Waals surface area contributed by atoms with Crippen molar-refractivity contribution < 1.29 is 18.0 Å². The standard InChI is InChI=1S/C30H35N3O4S/c1-2-28(30(35)31-25-16-12-13-17-25)32(22-24-14-6-3-7-15-24)29(34)23-33(26-18-8-4-9-19-26)38(36,37)27-20-10-5-11-21-27/h3-11,14-15,18-21,25,28H,2,12-13,16-17,22-23H2,1H3,(H,31,35)/t28-/m0/s1. The number of amides is 2. The molecule has 1 atom stereocenters. The average molecular weight is 534 g/mol. The number of nitrogens with one attached hydrogen (secondary N) is 1. The second-order valence-electron chi connectivity index (χ2n) is 9.58. The van der Waals surface area contributed by atoms with Crippen LogP contribution < -0.4 is 9.62 Å². The van der Waals surface area contributed by atoms with Crippen LogP contribution in [0.5, 0.6) is 0 Å². The lowest BCUT2D eigenvalue weighted by Crippen LogP contribution is -2.53. The molecule has 0 heterocycles. The Morgan fingerprint density at radius 1 is 0.868 bits per heavy atom. The first-order valence-corrected chi connectivity index (χ1v) is 14.6. The van der Waals surface area contributed by atoms with E-state index in [9.17, 15) is 18.0 Å². The van der Waals surface area contributed by atoms with E-state index in [0.717, 1.165) is 35.6 Å². The quantitative estimate of drug-likeness (QED) is 0.386. The summed E-state index contributed by atoms with van der Waals surface area (Å²) in [4.78, 5) is 29.0. The summed E-state index contributed by atoms with van der Waals surface area (Å²) in [7, 11) is -4.04. The van der Waals surface area contributed by atoms with Gasteiger partial charge in [0.05, 0.1) is 10.6 Å². The molecule has 0 bridgehead atoms. The third kappa shape index (κ3) is 6.61. The van der Waals surface area contributed by atoms with Crippen molar-refractivity contribution in [3.63, 3.8) is 0 Å². The number of rotatable bonds is 11. The lowest BCUT2D eigenvalue weighted by molar-refractivity contribution is -0.140. The first-order chi connectivity index (χ1) is 18.4. The van der Waals surface area contributed by atoms with Crippen molar-refractivity contribution in [1.29, 1.82) is 0 Å². The van der Waals surface area contributed by atoms with Gasteiger partial charge in [-0.15, -0.1) is 0 Å². The van der Waals surface area contributed by atoms with Crippen LogP contribution in [0.15, 0.2) is 95.9 Å².